The van der Waals surface area contributed by atoms with Gasteiger partial charge in [-0.15, -0.1) is 0 Å². The first kappa shape index (κ1) is 12.6. The van der Waals surface area contributed by atoms with E-state index in [0.717, 1.165) is 37.6 Å². The molecule has 0 spiro atoms. The second kappa shape index (κ2) is 6.17. The molecule has 1 saturated heterocycles. The average Bonchev–Trinajstić information content (AvgIpc) is 2.96. The maximum absolute atomic E-state index is 5.87. The number of oxazole rings is 1. The fraction of sp³-hybridized carbons (Fsp3) is 0.769. The van der Waals surface area contributed by atoms with E-state index in [1.54, 1.807) is 0 Å². The van der Waals surface area contributed by atoms with E-state index in [2.05, 4.69) is 22.1 Å². The molecule has 17 heavy (non-hydrogen) atoms. The molecule has 0 radical (unpaired) electrons. The van der Waals surface area contributed by atoms with Crippen molar-refractivity contribution in [2.75, 3.05) is 26.7 Å². The molecule has 1 aromatic rings. The van der Waals surface area contributed by atoms with Gasteiger partial charge in [0, 0.05) is 6.42 Å². The van der Waals surface area contributed by atoms with E-state index in [1.807, 2.05) is 13.2 Å². The minimum Gasteiger partial charge on any atom is -0.444 e. The molecule has 0 aromatic carbocycles. The number of likely N-dealkylation sites (tertiary alicyclic amines) is 1. The van der Waals surface area contributed by atoms with E-state index < -0.39 is 0 Å². The summed E-state index contributed by atoms with van der Waals surface area (Å²) in [5.74, 6) is 1.95. The van der Waals surface area contributed by atoms with Crippen LogP contribution in [0.5, 0.6) is 0 Å². The summed E-state index contributed by atoms with van der Waals surface area (Å²) in [7, 11) is 1.98. The Kier molecular flexibility index (Phi) is 4.57. The molecule has 96 valence electrons. The topological polar surface area (TPSA) is 41.3 Å². The van der Waals surface area contributed by atoms with Crippen molar-refractivity contribution in [1.82, 2.24) is 15.2 Å². The van der Waals surface area contributed by atoms with Crippen LogP contribution in [-0.2, 0) is 6.42 Å². The minimum atomic E-state index is 0.415. The fourth-order valence-corrected chi connectivity index (χ4v) is 2.52. The Labute approximate surface area is 103 Å². The highest BCUT2D eigenvalue weighted by Crippen LogP contribution is 2.31. The molecule has 1 N–H and O–H groups in total. The molecule has 1 atom stereocenters. The van der Waals surface area contributed by atoms with Gasteiger partial charge >= 0.3 is 0 Å². The maximum atomic E-state index is 5.87. The quantitative estimate of drug-likeness (QED) is 0.768. The maximum Gasteiger partial charge on any atom is 0.211 e. The molecule has 0 aliphatic carbocycles. The van der Waals surface area contributed by atoms with E-state index >= 15 is 0 Å². The Morgan fingerprint density at radius 2 is 2.47 bits per heavy atom. The minimum absolute atomic E-state index is 0.415. The number of aromatic nitrogens is 1. The normalized spacial score (nSPS) is 21.2. The van der Waals surface area contributed by atoms with E-state index in [1.165, 1.54) is 19.4 Å². The van der Waals surface area contributed by atoms with Crippen molar-refractivity contribution in [3.63, 3.8) is 0 Å². The van der Waals surface area contributed by atoms with Gasteiger partial charge in [0.25, 0.3) is 0 Å². The Hall–Kier alpha value is -0.870. The number of hydrogen-bond donors (Lipinski definition) is 1. The summed E-state index contributed by atoms with van der Waals surface area (Å²) in [6, 6.07) is 0.415. The molecule has 1 fully saturated rings. The van der Waals surface area contributed by atoms with Crippen molar-refractivity contribution in [2.45, 2.75) is 38.6 Å². The van der Waals surface area contributed by atoms with Gasteiger partial charge in [-0.05, 0) is 45.9 Å². The molecule has 0 saturated carbocycles. The number of nitrogens with one attached hydrogen (secondary N) is 1. The molecule has 4 heteroatoms. The Morgan fingerprint density at radius 3 is 3.24 bits per heavy atom. The lowest BCUT2D eigenvalue weighted by Gasteiger charge is -2.19. The molecular weight excluding hydrogens is 214 g/mol. The van der Waals surface area contributed by atoms with Gasteiger partial charge in [0.05, 0.1) is 12.2 Å². The molecule has 0 amide bonds. The number of rotatable bonds is 6. The summed E-state index contributed by atoms with van der Waals surface area (Å²) in [5.41, 5.74) is 0. The lowest BCUT2D eigenvalue weighted by atomic mass is 10.2. The SMILES string of the molecule is CCN1CCCC1c1ncc(CCCNC)o1. The first-order chi connectivity index (χ1) is 8.35. The predicted molar refractivity (Wildman–Crippen MR) is 68.0 cm³/mol. The molecule has 1 aliphatic heterocycles. The van der Waals surface area contributed by atoms with Crippen molar-refractivity contribution in [2.24, 2.45) is 0 Å². The Balaban J connectivity index is 1.93. The fourth-order valence-electron chi connectivity index (χ4n) is 2.52. The van der Waals surface area contributed by atoms with Crippen LogP contribution in [0.3, 0.4) is 0 Å². The summed E-state index contributed by atoms with van der Waals surface area (Å²) < 4.78 is 5.87. The highest BCUT2D eigenvalue weighted by atomic mass is 16.4. The first-order valence-corrected chi connectivity index (χ1v) is 6.68. The van der Waals surface area contributed by atoms with Gasteiger partial charge in [0.15, 0.2) is 0 Å². The van der Waals surface area contributed by atoms with Gasteiger partial charge in [-0.3, -0.25) is 4.90 Å². The number of hydrogen-bond acceptors (Lipinski definition) is 4. The standard InChI is InChI=1S/C13H23N3O/c1-3-16-9-5-7-12(16)13-15-10-11(17-13)6-4-8-14-2/h10,12,14H,3-9H2,1-2H3. The predicted octanol–water partition coefficient (Wildman–Crippen LogP) is 1.98. The summed E-state index contributed by atoms with van der Waals surface area (Å²) in [6.07, 6.45) is 6.43. The van der Waals surface area contributed by atoms with Crippen LogP contribution in [0.25, 0.3) is 0 Å². The van der Waals surface area contributed by atoms with E-state index in [-0.39, 0.29) is 0 Å². The molecule has 2 rings (SSSR count). The van der Waals surface area contributed by atoms with Crippen LogP contribution in [0, 0.1) is 0 Å². The van der Waals surface area contributed by atoms with E-state index in [0.29, 0.717) is 6.04 Å². The third-order valence-corrected chi connectivity index (χ3v) is 3.48. The molecule has 1 aliphatic rings. The van der Waals surface area contributed by atoms with Crippen LogP contribution in [0.1, 0.15) is 43.9 Å². The smallest absolute Gasteiger partial charge is 0.211 e. The highest BCUT2D eigenvalue weighted by Gasteiger charge is 2.28. The van der Waals surface area contributed by atoms with Crippen molar-refractivity contribution in [3.05, 3.63) is 17.8 Å². The average molecular weight is 237 g/mol. The second-order valence-electron chi connectivity index (χ2n) is 4.66. The van der Waals surface area contributed by atoms with Crippen molar-refractivity contribution in [3.8, 4) is 0 Å². The van der Waals surface area contributed by atoms with E-state index in [9.17, 15) is 0 Å². The van der Waals surface area contributed by atoms with Crippen molar-refractivity contribution < 1.29 is 4.42 Å². The summed E-state index contributed by atoms with van der Waals surface area (Å²) in [6.45, 7) is 5.50. The number of nitrogens with zero attached hydrogens (tertiary/aromatic N) is 2. The summed E-state index contributed by atoms with van der Waals surface area (Å²) >= 11 is 0. The second-order valence-corrected chi connectivity index (χ2v) is 4.66. The van der Waals surface area contributed by atoms with Crippen LogP contribution >= 0.6 is 0 Å². The van der Waals surface area contributed by atoms with Crippen LogP contribution < -0.4 is 5.32 Å². The van der Waals surface area contributed by atoms with Gasteiger partial charge in [0.2, 0.25) is 5.89 Å². The van der Waals surface area contributed by atoms with Gasteiger partial charge in [-0.25, -0.2) is 4.98 Å². The molecule has 1 aromatic heterocycles. The zero-order valence-electron chi connectivity index (χ0n) is 10.9. The van der Waals surface area contributed by atoms with Crippen LogP contribution in [-0.4, -0.2) is 36.6 Å². The molecule has 4 nitrogen and oxygen atoms in total. The van der Waals surface area contributed by atoms with Gasteiger partial charge < -0.3 is 9.73 Å². The molecule has 0 bridgehead atoms. The Bertz CT molecular complexity index is 337. The van der Waals surface area contributed by atoms with Crippen molar-refractivity contribution in [1.29, 1.82) is 0 Å². The highest BCUT2D eigenvalue weighted by molar-refractivity contribution is 5.00. The lowest BCUT2D eigenvalue weighted by Crippen LogP contribution is -2.22. The Morgan fingerprint density at radius 1 is 1.59 bits per heavy atom. The van der Waals surface area contributed by atoms with Crippen LogP contribution in [0.15, 0.2) is 10.6 Å². The monoisotopic (exact) mass is 237 g/mol. The molecular formula is C13H23N3O. The number of aryl methyl sites for hydroxylation is 1. The largest absolute Gasteiger partial charge is 0.444 e. The summed E-state index contributed by atoms with van der Waals surface area (Å²) in [5, 5.41) is 3.15. The van der Waals surface area contributed by atoms with Crippen LogP contribution in [0.4, 0.5) is 0 Å². The molecule has 1 unspecified atom stereocenters. The van der Waals surface area contributed by atoms with Gasteiger partial charge in [-0.2, -0.15) is 0 Å². The zero-order valence-corrected chi connectivity index (χ0v) is 10.9. The van der Waals surface area contributed by atoms with Crippen LogP contribution in [0.2, 0.25) is 0 Å². The summed E-state index contributed by atoms with van der Waals surface area (Å²) in [4.78, 5) is 6.89. The van der Waals surface area contributed by atoms with Gasteiger partial charge in [-0.1, -0.05) is 6.92 Å². The third-order valence-electron chi connectivity index (χ3n) is 3.48. The van der Waals surface area contributed by atoms with Gasteiger partial charge in [0.1, 0.15) is 5.76 Å². The lowest BCUT2D eigenvalue weighted by molar-refractivity contribution is 0.230. The zero-order chi connectivity index (χ0) is 12.1. The molecule has 2 heterocycles. The first-order valence-electron chi connectivity index (χ1n) is 6.68. The van der Waals surface area contributed by atoms with Crippen molar-refractivity contribution >= 4 is 0 Å². The third kappa shape index (κ3) is 3.07. The van der Waals surface area contributed by atoms with E-state index in [4.69, 9.17) is 4.42 Å².